The lowest BCUT2D eigenvalue weighted by Gasteiger charge is -2.07. The van der Waals surface area contributed by atoms with Crippen LogP contribution in [-0.4, -0.2) is 37.4 Å². The third-order valence-electron chi connectivity index (χ3n) is 1.66. The van der Waals surface area contributed by atoms with Gasteiger partial charge < -0.3 is 9.74 Å². The highest BCUT2D eigenvalue weighted by Crippen LogP contribution is 2.09. The van der Waals surface area contributed by atoms with E-state index >= 15 is 0 Å². The number of hydrogen-bond donors (Lipinski definition) is 0. The van der Waals surface area contributed by atoms with Gasteiger partial charge in [-0.1, -0.05) is 5.16 Å². The maximum Gasteiger partial charge on any atom is 0.141 e. The van der Waals surface area contributed by atoms with E-state index in [1.165, 1.54) is 0 Å². The summed E-state index contributed by atoms with van der Waals surface area (Å²) >= 11 is 0. The Balaban J connectivity index is 2.18. The van der Waals surface area contributed by atoms with Crippen molar-refractivity contribution in [1.82, 2.24) is 4.90 Å². The predicted molar refractivity (Wildman–Crippen MR) is 41.2 cm³/mol. The van der Waals surface area contributed by atoms with Crippen molar-refractivity contribution in [1.29, 1.82) is 0 Å². The molecule has 58 valence electrons. The minimum absolute atomic E-state index is 0.321. The van der Waals surface area contributed by atoms with Gasteiger partial charge in [0.15, 0.2) is 0 Å². The fourth-order valence-electron chi connectivity index (χ4n) is 1.13. The second kappa shape index (κ2) is 3.56. The molecule has 0 N–H and O–H groups in total. The zero-order valence-corrected chi connectivity index (χ0v) is 6.58. The van der Waals surface area contributed by atoms with Crippen molar-refractivity contribution in [2.45, 2.75) is 19.4 Å². The van der Waals surface area contributed by atoms with Crippen LogP contribution in [0, 0.1) is 0 Å². The highest BCUT2D eigenvalue weighted by Gasteiger charge is 2.20. The van der Waals surface area contributed by atoms with Crippen molar-refractivity contribution >= 4 is 6.21 Å². The molecule has 1 rings (SSSR count). The normalized spacial score (nSPS) is 28.0. The molecule has 0 bridgehead atoms. The van der Waals surface area contributed by atoms with E-state index in [0.29, 0.717) is 6.10 Å². The Labute approximate surface area is 61.6 Å². The second-order valence-electron chi connectivity index (χ2n) is 2.64. The quantitative estimate of drug-likeness (QED) is 0.419. The molecule has 1 heterocycles. The van der Waals surface area contributed by atoms with Gasteiger partial charge in [0, 0.05) is 25.7 Å². The van der Waals surface area contributed by atoms with E-state index in [4.69, 9.17) is 4.84 Å². The van der Waals surface area contributed by atoms with Crippen LogP contribution in [0.15, 0.2) is 5.16 Å². The molecule has 1 aliphatic heterocycles. The third-order valence-corrected chi connectivity index (χ3v) is 1.66. The summed E-state index contributed by atoms with van der Waals surface area (Å²) in [5, 5.41) is 3.74. The van der Waals surface area contributed by atoms with Gasteiger partial charge >= 0.3 is 0 Å². The number of likely N-dealkylation sites (N-methyl/N-ethyl adjacent to an activating group) is 1. The summed E-state index contributed by atoms with van der Waals surface area (Å²) in [6.07, 6.45) is 3.10. The van der Waals surface area contributed by atoms with E-state index in [2.05, 4.69) is 17.1 Å². The summed E-state index contributed by atoms with van der Waals surface area (Å²) in [5.41, 5.74) is 0. The number of hydrogen-bond acceptors (Lipinski definition) is 3. The van der Waals surface area contributed by atoms with Gasteiger partial charge in [-0.2, -0.15) is 0 Å². The molecule has 0 aromatic rings. The molecule has 1 aliphatic rings. The molecule has 1 saturated heterocycles. The minimum atomic E-state index is 0.321. The van der Waals surface area contributed by atoms with Gasteiger partial charge in [-0.3, -0.25) is 0 Å². The Morgan fingerprint density at radius 3 is 3.00 bits per heavy atom. The molecule has 0 saturated carbocycles. The van der Waals surface area contributed by atoms with E-state index in [9.17, 15) is 0 Å². The zero-order valence-electron chi connectivity index (χ0n) is 6.58. The molecule has 0 aromatic carbocycles. The fourth-order valence-corrected chi connectivity index (χ4v) is 1.13. The first-order valence-electron chi connectivity index (χ1n) is 3.65. The van der Waals surface area contributed by atoms with Crippen LogP contribution in [0.3, 0.4) is 0 Å². The van der Waals surface area contributed by atoms with Crippen LogP contribution in [0.5, 0.6) is 0 Å². The highest BCUT2D eigenvalue weighted by molar-refractivity contribution is 5.52. The lowest BCUT2D eigenvalue weighted by atomic mass is 10.3. The van der Waals surface area contributed by atoms with Gasteiger partial charge in [-0.15, -0.1) is 0 Å². The molecule has 0 spiro atoms. The molecule has 0 aliphatic carbocycles. The Bertz CT molecular complexity index is 125. The third kappa shape index (κ3) is 1.99. The number of rotatable bonds is 2. The standard InChI is InChI=1S/C7H14N2O/c1-3-8-10-7-4-5-9(2)6-7/h3,7H,4-6H2,1-2H3/b8-3+. The predicted octanol–water partition coefficient (Wildman–Crippen LogP) is 0.713. The maximum atomic E-state index is 5.15. The molecule has 3 nitrogen and oxygen atoms in total. The van der Waals surface area contributed by atoms with E-state index in [1.807, 2.05) is 6.92 Å². The molecule has 0 radical (unpaired) electrons. The summed E-state index contributed by atoms with van der Waals surface area (Å²) in [6.45, 7) is 4.00. The molecule has 0 amide bonds. The largest absolute Gasteiger partial charge is 0.391 e. The first-order valence-corrected chi connectivity index (χ1v) is 3.65. The molecular formula is C7H14N2O. The monoisotopic (exact) mass is 142 g/mol. The van der Waals surface area contributed by atoms with Crippen LogP contribution in [-0.2, 0) is 4.84 Å². The molecule has 1 unspecified atom stereocenters. The van der Waals surface area contributed by atoms with Crippen molar-refractivity contribution in [3.63, 3.8) is 0 Å². The van der Waals surface area contributed by atoms with E-state index in [1.54, 1.807) is 6.21 Å². The van der Waals surface area contributed by atoms with Crippen LogP contribution in [0.2, 0.25) is 0 Å². The van der Waals surface area contributed by atoms with Gasteiger partial charge in [-0.05, 0) is 14.0 Å². The Morgan fingerprint density at radius 2 is 2.50 bits per heavy atom. The Morgan fingerprint density at radius 1 is 1.70 bits per heavy atom. The summed E-state index contributed by atoms with van der Waals surface area (Å²) in [7, 11) is 2.10. The average Bonchev–Trinajstić information content (AvgIpc) is 2.31. The molecule has 3 heteroatoms. The fraction of sp³-hybridized carbons (Fsp3) is 0.857. The Kier molecular flexibility index (Phi) is 2.68. The van der Waals surface area contributed by atoms with Gasteiger partial charge in [0.2, 0.25) is 0 Å². The van der Waals surface area contributed by atoms with Crippen LogP contribution in [0.4, 0.5) is 0 Å². The average molecular weight is 142 g/mol. The lowest BCUT2D eigenvalue weighted by molar-refractivity contribution is 0.0680. The number of nitrogens with zero attached hydrogens (tertiary/aromatic N) is 2. The SMILES string of the molecule is C/C=N/OC1CCN(C)C1. The van der Waals surface area contributed by atoms with E-state index in [0.717, 1.165) is 19.5 Å². The van der Waals surface area contributed by atoms with Crippen LogP contribution >= 0.6 is 0 Å². The topological polar surface area (TPSA) is 24.8 Å². The maximum absolute atomic E-state index is 5.15. The smallest absolute Gasteiger partial charge is 0.141 e. The van der Waals surface area contributed by atoms with Gasteiger partial charge in [0.05, 0.1) is 0 Å². The van der Waals surface area contributed by atoms with E-state index < -0.39 is 0 Å². The highest BCUT2D eigenvalue weighted by atomic mass is 16.6. The Hall–Kier alpha value is -0.570. The van der Waals surface area contributed by atoms with Crippen LogP contribution in [0.25, 0.3) is 0 Å². The lowest BCUT2D eigenvalue weighted by Crippen LogP contribution is -2.17. The minimum Gasteiger partial charge on any atom is -0.391 e. The first-order chi connectivity index (χ1) is 4.83. The van der Waals surface area contributed by atoms with Gasteiger partial charge in [0.1, 0.15) is 6.10 Å². The van der Waals surface area contributed by atoms with Crippen molar-refractivity contribution < 1.29 is 4.84 Å². The summed E-state index contributed by atoms with van der Waals surface area (Å²) < 4.78 is 0. The van der Waals surface area contributed by atoms with Crippen molar-refractivity contribution in [3.05, 3.63) is 0 Å². The van der Waals surface area contributed by atoms with E-state index in [-0.39, 0.29) is 0 Å². The van der Waals surface area contributed by atoms with Crippen molar-refractivity contribution in [2.24, 2.45) is 5.16 Å². The zero-order chi connectivity index (χ0) is 7.40. The summed E-state index contributed by atoms with van der Waals surface area (Å²) in [4.78, 5) is 7.40. The first kappa shape index (κ1) is 7.54. The number of oxime groups is 1. The van der Waals surface area contributed by atoms with Gasteiger partial charge in [-0.25, -0.2) is 0 Å². The van der Waals surface area contributed by atoms with Gasteiger partial charge in [0.25, 0.3) is 0 Å². The summed E-state index contributed by atoms with van der Waals surface area (Å²) in [5.74, 6) is 0. The van der Waals surface area contributed by atoms with Crippen LogP contribution < -0.4 is 0 Å². The molecule has 0 aromatic heterocycles. The summed E-state index contributed by atoms with van der Waals surface area (Å²) in [6, 6.07) is 0. The molecular weight excluding hydrogens is 128 g/mol. The van der Waals surface area contributed by atoms with Crippen LogP contribution in [0.1, 0.15) is 13.3 Å². The molecule has 10 heavy (non-hydrogen) atoms. The second-order valence-corrected chi connectivity index (χ2v) is 2.64. The van der Waals surface area contributed by atoms with Crippen molar-refractivity contribution in [2.75, 3.05) is 20.1 Å². The van der Waals surface area contributed by atoms with Crippen molar-refractivity contribution in [3.8, 4) is 0 Å². The molecule has 1 atom stereocenters. The molecule has 1 fully saturated rings. The number of likely N-dealkylation sites (tertiary alicyclic amines) is 1.